The van der Waals surface area contributed by atoms with Crippen molar-refractivity contribution in [1.29, 1.82) is 0 Å². The van der Waals surface area contributed by atoms with Crippen LogP contribution in [0.5, 0.6) is 0 Å². The van der Waals surface area contributed by atoms with E-state index in [2.05, 4.69) is 4.98 Å². The van der Waals surface area contributed by atoms with E-state index in [9.17, 15) is 4.79 Å². The molecule has 0 amide bonds. The average Bonchev–Trinajstić information content (AvgIpc) is 3.08. The third-order valence-corrected chi connectivity index (χ3v) is 3.08. The zero-order valence-corrected chi connectivity index (χ0v) is 11.3. The van der Waals surface area contributed by atoms with Crippen molar-refractivity contribution in [3.63, 3.8) is 0 Å². The molecule has 0 N–H and O–H groups in total. The number of rotatable bonds is 4. The predicted octanol–water partition coefficient (Wildman–Crippen LogP) is 3.23. The second-order valence-electron chi connectivity index (χ2n) is 4.53. The maximum atomic E-state index is 12.0. The molecule has 21 heavy (non-hydrogen) atoms. The molecule has 0 aliphatic carbocycles. The lowest BCUT2D eigenvalue weighted by molar-refractivity contribution is 0.0468. The molecule has 0 aliphatic heterocycles. The Morgan fingerprint density at radius 1 is 1.00 bits per heavy atom. The van der Waals surface area contributed by atoms with E-state index in [1.54, 1.807) is 18.3 Å². The first-order valence-corrected chi connectivity index (χ1v) is 6.63. The van der Waals surface area contributed by atoms with Crippen molar-refractivity contribution in [3.8, 4) is 5.69 Å². The Labute approximate surface area is 122 Å². The summed E-state index contributed by atoms with van der Waals surface area (Å²) in [6, 6.07) is 16.7. The molecule has 3 rings (SSSR count). The Morgan fingerprint density at radius 3 is 2.43 bits per heavy atom. The highest BCUT2D eigenvalue weighted by molar-refractivity contribution is 5.89. The van der Waals surface area contributed by atoms with Gasteiger partial charge in [0.25, 0.3) is 0 Å². The number of benzene rings is 1. The summed E-state index contributed by atoms with van der Waals surface area (Å²) in [4.78, 5) is 16.1. The Balaban J connectivity index is 1.65. The summed E-state index contributed by atoms with van der Waals surface area (Å²) >= 11 is 0. The highest BCUT2D eigenvalue weighted by atomic mass is 16.5. The van der Waals surface area contributed by atoms with Crippen molar-refractivity contribution in [1.82, 2.24) is 9.55 Å². The van der Waals surface area contributed by atoms with Crippen LogP contribution in [-0.4, -0.2) is 15.5 Å². The Hall–Kier alpha value is -2.88. The molecule has 1 aromatic carbocycles. The van der Waals surface area contributed by atoms with Gasteiger partial charge in [0.15, 0.2) is 0 Å². The van der Waals surface area contributed by atoms with Crippen LogP contribution in [0.2, 0.25) is 0 Å². The highest BCUT2D eigenvalue weighted by Gasteiger charge is 2.07. The minimum Gasteiger partial charge on any atom is -0.456 e. The van der Waals surface area contributed by atoms with Crippen molar-refractivity contribution in [3.05, 3.63) is 84.4 Å². The van der Waals surface area contributed by atoms with Crippen LogP contribution in [0.15, 0.2) is 73.2 Å². The van der Waals surface area contributed by atoms with Gasteiger partial charge in [0.2, 0.25) is 0 Å². The second kappa shape index (κ2) is 6.05. The zero-order chi connectivity index (χ0) is 14.5. The third-order valence-electron chi connectivity index (χ3n) is 3.08. The van der Waals surface area contributed by atoms with Gasteiger partial charge in [0, 0.05) is 24.3 Å². The Bertz CT molecular complexity index is 704. The summed E-state index contributed by atoms with van der Waals surface area (Å²) in [6.45, 7) is 0.180. The van der Waals surface area contributed by atoms with Gasteiger partial charge in [-0.15, -0.1) is 0 Å². The topological polar surface area (TPSA) is 44.1 Å². The largest absolute Gasteiger partial charge is 0.456 e. The van der Waals surface area contributed by atoms with Crippen LogP contribution in [0, 0.1) is 0 Å². The first-order valence-electron chi connectivity index (χ1n) is 6.63. The monoisotopic (exact) mass is 278 g/mol. The SMILES string of the molecule is O=C(OCc1ccccn1)c1ccc(-n2cccc2)cc1. The maximum absolute atomic E-state index is 12.0. The highest BCUT2D eigenvalue weighted by Crippen LogP contribution is 2.11. The van der Waals surface area contributed by atoms with Crippen molar-refractivity contribution >= 4 is 5.97 Å². The van der Waals surface area contributed by atoms with E-state index in [4.69, 9.17) is 4.74 Å². The maximum Gasteiger partial charge on any atom is 0.338 e. The number of carbonyl (C=O) groups is 1. The summed E-state index contributed by atoms with van der Waals surface area (Å²) in [5.74, 6) is -0.347. The van der Waals surface area contributed by atoms with Crippen LogP contribution in [0.4, 0.5) is 0 Å². The van der Waals surface area contributed by atoms with E-state index in [0.717, 1.165) is 11.4 Å². The van der Waals surface area contributed by atoms with Crippen LogP contribution >= 0.6 is 0 Å². The minimum absolute atomic E-state index is 0.180. The number of carbonyl (C=O) groups excluding carboxylic acids is 1. The third kappa shape index (κ3) is 3.17. The van der Waals surface area contributed by atoms with Crippen LogP contribution < -0.4 is 0 Å². The van der Waals surface area contributed by atoms with Gasteiger partial charge in [-0.2, -0.15) is 0 Å². The van der Waals surface area contributed by atoms with E-state index in [-0.39, 0.29) is 12.6 Å². The lowest BCUT2D eigenvalue weighted by Crippen LogP contribution is -2.06. The van der Waals surface area contributed by atoms with Crippen LogP contribution in [0.25, 0.3) is 5.69 Å². The van der Waals surface area contributed by atoms with Gasteiger partial charge in [-0.3, -0.25) is 4.98 Å². The quantitative estimate of drug-likeness (QED) is 0.688. The smallest absolute Gasteiger partial charge is 0.338 e. The molecule has 4 heteroatoms. The van der Waals surface area contributed by atoms with Gasteiger partial charge in [0.1, 0.15) is 6.61 Å². The van der Waals surface area contributed by atoms with Gasteiger partial charge in [0.05, 0.1) is 11.3 Å². The fourth-order valence-corrected chi connectivity index (χ4v) is 1.98. The number of esters is 1. The van der Waals surface area contributed by atoms with Crippen molar-refractivity contribution in [2.24, 2.45) is 0 Å². The molecular weight excluding hydrogens is 264 g/mol. The summed E-state index contributed by atoms with van der Waals surface area (Å²) < 4.78 is 7.21. The molecular formula is C17H14N2O2. The molecule has 0 atom stereocenters. The number of ether oxygens (including phenoxy) is 1. The van der Waals surface area contributed by atoms with Crippen LogP contribution in [0.3, 0.4) is 0 Å². The van der Waals surface area contributed by atoms with E-state index in [1.165, 1.54) is 0 Å². The molecule has 2 aromatic heterocycles. The van der Waals surface area contributed by atoms with E-state index in [1.807, 2.05) is 59.4 Å². The molecule has 0 radical (unpaired) electrons. The molecule has 0 unspecified atom stereocenters. The van der Waals surface area contributed by atoms with Crippen LogP contribution in [0.1, 0.15) is 16.1 Å². The molecule has 0 spiro atoms. The number of hydrogen-bond donors (Lipinski definition) is 0. The number of pyridine rings is 1. The normalized spacial score (nSPS) is 10.3. The first-order chi connectivity index (χ1) is 10.3. The summed E-state index contributed by atoms with van der Waals surface area (Å²) in [5.41, 5.74) is 2.26. The number of nitrogens with zero attached hydrogens (tertiary/aromatic N) is 2. The predicted molar refractivity (Wildman–Crippen MR) is 79.1 cm³/mol. The fraction of sp³-hybridized carbons (Fsp3) is 0.0588. The zero-order valence-electron chi connectivity index (χ0n) is 11.3. The molecule has 3 aromatic rings. The summed E-state index contributed by atoms with van der Waals surface area (Å²) in [7, 11) is 0. The minimum atomic E-state index is -0.347. The average molecular weight is 278 g/mol. The summed E-state index contributed by atoms with van der Waals surface area (Å²) in [6.07, 6.45) is 5.58. The van der Waals surface area contributed by atoms with E-state index < -0.39 is 0 Å². The van der Waals surface area contributed by atoms with Gasteiger partial charge >= 0.3 is 5.97 Å². The summed E-state index contributed by atoms with van der Waals surface area (Å²) in [5, 5.41) is 0. The van der Waals surface area contributed by atoms with Gasteiger partial charge < -0.3 is 9.30 Å². The lowest BCUT2D eigenvalue weighted by atomic mass is 10.2. The standard InChI is InChI=1S/C17H14N2O2/c20-17(21-13-15-5-1-2-10-18-15)14-6-8-16(9-7-14)19-11-3-4-12-19/h1-12H,13H2. The Morgan fingerprint density at radius 2 is 1.76 bits per heavy atom. The van der Waals surface area contributed by atoms with E-state index >= 15 is 0 Å². The molecule has 0 aliphatic rings. The molecule has 0 saturated carbocycles. The molecule has 0 fully saturated rings. The van der Waals surface area contributed by atoms with Crippen molar-refractivity contribution in [2.75, 3.05) is 0 Å². The van der Waals surface area contributed by atoms with Gasteiger partial charge in [-0.1, -0.05) is 6.07 Å². The number of aromatic nitrogens is 2. The second-order valence-corrected chi connectivity index (χ2v) is 4.53. The van der Waals surface area contributed by atoms with E-state index in [0.29, 0.717) is 5.56 Å². The van der Waals surface area contributed by atoms with Crippen LogP contribution in [-0.2, 0) is 11.3 Å². The van der Waals surface area contributed by atoms with Gasteiger partial charge in [-0.05, 0) is 48.5 Å². The number of hydrogen-bond acceptors (Lipinski definition) is 3. The molecule has 0 saturated heterocycles. The Kier molecular flexibility index (Phi) is 3.78. The first kappa shape index (κ1) is 13.1. The molecule has 4 nitrogen and oxygen atoms in total. The molecule has 104 valence electrons. The van der Waals surface area contributed by atoms with Crippen molar-refractivity contribution < 1.29 is 9.53 Å². The fourth-order valence-electron chi connectivity index (χ4n) is 1.98. The molecule has 2 heterocycles. The lowest BCUT2D eigenvalue weighted by Gasteiger charge is -2.06. The van der Waals surface area contributed by atoms with Crippen molar-refractivity contribution in [2.45, 2.75) is 6.61 Å². The van der Waals surface area contributed by atoms with Gasteiger partial charge in [-0.25, -0.2) is 4.79 Å². The molecule has 0 bridgehead atoms.